The normalized spacial score (nSPS) is 12.4. The predicted molar refractivity (Wildman–Crippen MR) is 47.0 cm³/mol. The molecule has 0 bridgehead atoms. The average molecular weight is 198 g/mol. The molecule has 0 aromatic heterocycles. The Morgan fingerprint density at radius 1 is 1.29 bits per heavy atom. The SMILES string of the molecule is O=C(O)C[C@H](O)c1ccc(O)c(O)c1. The minimum absolute atomic E-state index is 0.253. The van der Waals surface area contributed by atoms with Crippen molar-refractivity contribution in [2.75, 3.05) is 0 Å². The van der Waals surface area contributed by atoms with E-state index in [1.807, 2.05) is 0 Å². The molecule has 0 saturated heterocycles. The highest BCUT2D eigenvalue weighted by Gasteiger charge is 2.13. The van der Waals surface area contributed by atoms with Crippen molar-refractivity contribution in [2.45, 2.75) is 12.5 Å². The standard InChI is InChI=1S/C9H10O5/c10-6-2-1-5(3-8(6)12)7(11)4-9(13)14/h1-3,7,10-12H,4H2,(H,13,14)/t7-/m0/s1. The van der Waals surface area contributed by atoms with E-state index in [4.69, 9.17) is 15.3 Å². The molecule has 0 fully saturated rings. The van der Waals surface area contributed by atoms with Crippen LogP contribution in [0.2, 0.25) is 0 Å². The fraction of sp³-hybridized carbons (Fsp3) is 0.222. The van der Waals surface area contributed by atoms with Crippen LogP contribution in [0.4, 0.5) is 0 Å². The van der Waals surface area contributed by atoms with Gasteiger partial charge >= 0.3 is 5.97 Å². The van der Waals surface area contributed by atoms with Crippen LogP contribution in [0.5, 0.6) is 11.5 Å². The van der Waals surface area contributed by atoms with Gasteiger partial charge in [-0.25, -0.2) is 0 Å². The van der Waals surface area contributed by atoms with Crippen LogP contribution >= 0.6 is 0 Å². The first-order valence-corrected chi connectivity index (χ1v) is 3.92. The van der Waals surface area contributed by atoms with Gasteiger partial charge in [0.2, 0.25) is 0 Å². The summed E-state index contributed by atoms with van der Waals surface area (Å²) in [7, 11) is 0. The first-order valence-electron chi connectivity index (χ1n) is 3.92. The molecule has 0 aliphatic rings. The Hall–Kier alpha value is -1.75. The van der Waals surface area contributed by atoms with Gasteiger partial charge in [0, 0.05) is 0 Å². The molecule has 0 saturated carbocycles. The Kier molecular flexibility index (Phi) is 2.93. The molecule has 14 heavy (non-hydrogen) atoms. The molecule has 1 atom stereocenters. The summed E-state index contributed by atoms with van der Waals surface area (Å²) in [6, 6.07) is 3.67. The summed E-state index contributed by atoms with van der Waals surface area (Å²) in [5.41, 5.74) is 0.253. The Balaban J connectivity index is 2.85. The zero-order valence-electron chi connectivity index (χ0n) is 7.21. The van der Waals surface area contributed by atoms with Crippen molar-refractivity contribution in [3.8, 4) is 11.5 Å². The van der Waals surface area contributed by atoms with E-state index >= 15 is 0 Å². The van der Waals surface area contributed by atoms with Gasteiger partial charge < -0.3 is 20.4 Å². The smallest absolute Gasteiger partial charge is 0.306 e. The van der Waals surface area contributed by atoms with Crippen molar-refractivity contribution in [3.63, 3.8) is 0 Å². The average Bonchev–Trinajstić information content (AvgIpc) is 2.08. The molecule has 1 aromatic rings. The van der Waals surface area contributed by atoms with E-state index in [0.29, 0.717) is 0 Å². The second-order valence-electron chi connectivity index (χ2n) is 2.86. The zero-order chi connectivity index (χ0) is 10.7. The van der Waals surface area contributed by atoms with Gasteiger partial charge in [-0.05, 0) is 17.7 Å². The van der Waals surface area contributed by atoms with Gasteiger partial charge in [0.1, 0.15) is 0 Å². The number of aliphatic carboxylic acids is 1. The molecule has 5 nitrogen and oxygen atoms in total. The summed E-state index contributed by atoms with van der Waals surface area (Å²) in [6.07, 6.45) is -1.62. The summed E-state index contributed by atoms with van der Waals surface area (Å²) in [5, 5.41) is 35.8. The number of carbonyl (C=O) groups is 1. The molecule has 0 amide bonds. The van der Waals surface area contributed by atoms with Crippen molar-refractivity contribution in [1.29, 1.82) is 0 Å². The van der Waals surface area contributed by atoms with Gasteiger partial charge in [0.05, 0.1) is 12.5 Å². The summed E-state index contributed by atoms with van der Waals surface area (Å²) in [5.74, 6) is -1.83. The molecule has 0 unspecified atom stereocenters. The lowest BCUT2D eigenvalue weighted by molar-refractivity contribution is -0.139. The fourth-order valence-corrected chi connectivity index (χ4v) is 1.03. The van der Waals surface area contributed by atoms with Gasteiger partial charge in [-0.15, -0.1) is 0 Å². The van der Waals surface area contributed by atoms with Crippen LogP contribution < -0.4 is 0 Å². The third-order valence-electron chi connectivity index (χ3n) is 1.75. The molecule has 1 rings (SSSR count). The van der Waals surface area contributed by atoms with Crippen LogP contribution in [-0.2, 0) is 4.79 Å². The van der Waals surface area contributed by atoms with E-state index in [9.17, 15) is 9.90 Å². The van der Waals surface area contributed by atoms with Crippen molar-refractivity contribution in [1.82, 2.24) is 0 Å². The summed E-state index contributed by atoms with van der Waals surface area (Å²) < 4.78 is 0. The van der Waals surface area contributed by atoms with Crippen molar-refractivity contribution in [2.24, 2.45) is 0 Å². The lowest BCUT2D eigenvalue weighted by Gasteiger charge is -2.08. The lowest BCUT2D eigenvalue weighted by atomic mass is 10.1. The van der Waals surface area contributed by atoms with Crippen LogP contribution in [0.25, 0.3) is 0 Å². The highest BCUT2D eigenvalue weighted by Crippen LogP contribution is 2.28. The molecule has 0 spiro atoms. The van der Waals surface area contributed by atoms with Crippen LogP contribution in [0, 0.1) is 0 Å². The number of benzene rings is 1. The number of hydrogen-bond donors (Lipinski definition) is 4. The van der Waals surface area contributed by atoms with Crippen molar-refractivity contribution >= 4 is 5.97 Å². The second kappa shape index (κ2) is 3.97. The number of aliphatic hydroxyl groups is 1. The van der Waals surface area contributed by atoms with Gasteiger partial charge in [-0.1, -0.05) is 6.07 Å². The summed E-state index contributed by atoms with van der Waals surface area (Å²) in [6.45, 7) is 0. The fourth-order valence-electron chi connectivity index (χ4n) is 1.03. The minimum Gasteiger partial charge on any atom is -0.504 e. The number of carboxylic acid groups (broad SMARTS) is 1. The first kappa shape index (κ1) is 10.3. The van der Waals surface area contributed by atoms with E-state index in [1.54, 1.807) is 0 Å². The molecule has 0 aliphatic carbocycles. The Morgan fingerprint density at radius 2 is 1.93 bits per heavy atom. The Morgan fingerprint density at radius 3 is 2.43 bits per heavy atom. The minimum atomic E-state index is -1.18. The van der Waals surface area contributed by atoms with Gasteiger partial charge in [-0.2, -0.15) is 0 Å². The lowest BCUT2D eigenvalue weighted by Crippen LogP contribution is -2.05. The number of phenolic OH excluding ortho intramolecular Hbond substituents is 2. The monoisotopic (exact) mass is 198 g/mol. The number of hydrogen-bond acceptors (Lipinski definition) is 4. The maximum absolute atomic E-state index is 10.3. The molecule has 0 radical (unpaired) electrons. The molecule has 76 valence electrons. The van der Waals surface area contributed by atoms with E-state index in [0.717, 1.165) is 6.07 Å². The molecular formula is C9H10O5. The molecule has 5 heteroatoms. The maximum atomic E-state index is 10.3. The third kappa shape index (κ3) is 2.37. The van der Waals surface area contributed by atoms with Gasteiger partial charge in [0.15, 0.2) is 11.5 Å². The zero-order valence-corrected chi connectivity index (χ0v) is 7.21. The van der Waals surface area contributed by atoms with Gasteiger partial charge in [0.25, 0.3) is 0 Å². The highest BCUT2D eigenvalue weighted by atomic mass is 16.4. The highest BCUT2D eigenvalue weighted by molar-refractivity contribution is 5.67. The van der Waals surface area contributed by atoms with E-state index in [2.05, 4.69) is 0 Å². The molecular weight excluding hydrogens is 188 g/mol. The molecule has 1 aromatic carbocycles. The van der Waals surface area contributed by atoms with Crippen LogP contribution in [0.3, 0.4) is 0 Å². The maximum Gasteiger partial charge on any atom is 0.306 e. The Labute approximate surface area is 79.9 Å². The Bertz CT molecular complexity index is 347. The summed E-state index contributed by atoms with van der Waals surface area (Å²) >= 11 is 0. The van der Waals surface area contributed by atoms with E-state index < -0.39 is 18.5 Å². The van der Waals surface area contributed by atoms with Crippen molar-refractivity contribution < 1.29 is 25.2 Å². The number of carboxylic acids is 1. The van der Waals surface area contributed by atoms with Gasteiger partial charge in [-0.3, -0.25) is 4.79 Å². The molecule has 0 aliphatic heterocycles. The van der Waals surface area contributed by atoms with E-state index in [1.165, 1.54) is 12.1 Å². The van der Waals surface area contributed by atoms with E-state index in [-0.39, 0.29) is 17.1 Å². The molecule has 0 heterocycles. The topological polar surface area (TPSA) is 98.0 Å². The number of phenols is 2. The quantitative estimate of drug-likeness (QED) is 0.533. The van der Waals surface area contributed by atoms with Crippen LogP contribution in [-0.4, -0.2) is 26.4 Å². The molecule has 4 N–H and O–H groups in total. The number of rotatable bonds is 3. The number of aromatic hydroxyl groups is 2. The second-order valence-corrected chi connectivity index (χ2v) is 2.86. The largest absolute Gasteiger partial charge is 0.504 e. The third-order valence-corrected chi connectivity index (χ3v) is 1.75. The predicted octanol–water partition coefficient (Wildman–Crippen LogP) is 0.606. The summed E-state index contributed by atoms with van der Waals surface area (Å²) in [4.78, 5) is 10.3. The number of aliphatic hydroxyl groups excluding tert-OH is 1. The van der Waals surface area contributed by atoms with Crippen molar-refractivity contribution in [3.05, 3.63) is 23.8 Å². The first-order chi connectivity index (χ1) is 6.50. The van der Waals surface area contributed by atoms with Crippen LogP contribution in [0.1, 0.15) is 18.1 Å². The van der Waals surface area contributed by atoms with Crippen LogP contribution in [0.15, 0.2) is 18.2 Å².